The second kappa shape index (κ2) is 8.46. The molecule has 5 heteroatoms. The first-order valence-electron chi connectivity index (χ1n) is 10.6. The lowest BCUT2D eigenvalue weighted by Gasteiger charge is -2.34. The molecule has 1 fully saturated rings. The van der Waals surface area contributed by atoms with Crippen LogP contribution in [0.2, 0.25) is 0 Å². The van der Waals surface area contributed by atoms with Gasteiger partial charge in [-0.1, -0.05) is 55.4 Å². The van der Waals surface area contributed by atoms with Gasteiger partial charge in [0, 0.05) is 5.94 Å². The van der Waals surface area contributed by atoms with Gasteiger partial charge >= 0.3 is 5.97 Å². The van der Waals surface area contributed by atoms with Crippen molar-refractivity contribution in [3.8, 4) is 0 Å². The summed E-state index contributed by atoms with van der Waals surface area (Å²) in [6, 6.07) is 16.5. The fourth-order valence-corrected chi connectivity index (χ4v) is 4.83. The third-order valence-electron chi connectivity index (χ3n) is 6.73. The van der Waals surface area contributed by atoms with Crippen molar-refractivity contribution >= 4 is 12.7 Å². The van der Waals surface area contributed by atoms with Gasteiger partial charge in [-0.25, -0.2) is 4.79 Å². The zero-order valence-corrected chi connectivity index (χ0v) is 17.0. The molecule has 2 aromatic rings. The molecular formula is C24H29BN2O2. The van der Waals surface area contributed by atoms with Crippen molar-refractivity contribution in [1.29, 1.82) is 0 Å². The summed E-state index contributed by atoms with van der Waals surface area (Å²) in [5.74, 6) is 1.79. The number of fused-ring (bicyclic) bond motifs is 2. The Morgan fingerprint density at radius 1 is 1.10 bits per heavy atom. The lowest BCUT2D eigenvalue weighted by Crippen LogP contribution is -2.42. The molecule has 4 nitrogen and oxygen atoms in total. The van der Waals surface area contributed by atoms with Crippen molar-refractivity contribution < 1.29 is 9.90 Å². The minimum Gasteiger partial charge on any atom is -0.478 e. The number of benzene rings is 2. The van der Waals surface area contributed by atoms with Gasteiger partial charge in [0.05, 0.1) is 5.56 Å². The van der Waals surface area contributed by atoms with E-state index >= 15 is 0 Å². The van der Waals surface area contributed by atoms with Gasteiger partial charge in [-0.15, -0.1) is 0 Å². The Kier molecular flexibility index (Phi) is 5.77. The summed E-state index contributed by atoms with van der Waals surface area (Å²) in [5.41, 5.74) is 4.57. The highest BCUT2D eigenvalue weighted by Gasteiger charge is 2.33. The Balaban J connectivity index is 0.000000145. The van der Waals surface area contributed by atoms with E-state index in [4.69, 9.17) is 5.11 Å². The summed E-state index contributed by atoms with van der Waals surface area (Å²) in [6.45, 7) is 5.15. The Labute approximate surface area is 173 Å². The van der Waals surface area contributed by atoms with Crippen LogP contribution < -0.4 is 10.6 Å². The lowest BCUT2D eigenvalue weighted by atomic mass is 9.39. The van der Waals surface area contributed by atoms with Crippen LogP contribution in [-0.4, -0.2) is 36.8 Å². The van der Waals surface area contributed by atoms with Crippen LogP contribution >= 0.6 is 0 Å². The van der Waals surface area contributed by atoms with E-state index in [9.17, 15) is 4.79 Å². The first kappa shape index (κ1) is 19.8. The molecule has 0 aliphatic carbocycles. The maximum absolute atomic E-state index is 11.1. The van der Waals surface area contributed by atoms with Gasteiger partial charge in [-0.2, -0.15) is 0 Å². The average molecular weight is 388 g/mol. The number of carboxylic acids is 1. The van der Waals surface area contributed by atoms with Crippen LogP contribution in [-0.2, 0) is 18.2 Å². The number of carboxylic acid groups (broad SMARTS) is 1. The van der Waals surface area contributed by atoms with Crippen LogP contribution in [0, 0.1) is 0 Å². The molecular weight excluding hydrogens is 359 g/mol. The zero-order chi connectivity index (χ0) is 20.3. The maximum atomic E-state index is 11.1. The Morgan fingerprint density at radius 3 is 2.59 bits per heavy atom. The molecule has 1 atom stereocenters. The topological polar surface area (TPSA) is 61.4 Å². The Hall–Kier alpha value is -2.53. The average Bonchev–Trinajstić information content (AvgIpc) is 3.20. The highest BCUT2D eigenvalue weighted by molar-refractivity contribution is 6.66. The van der Waals surface area contributed by atoms with Gasteiger partial charge in [0.1, 0.15) is 0 Å². The van der Waals surface area contributed by atoms with E-state index in [-0.39, 0.29) is 0 Å². The minimum atomic E-state index is -0.815. The number of aromatic carboxylic acids is 1. The van der Waals surface area contributed by atoms with E-state index in [0.717, 1.165) is 31.4 Å². The fourth-order valence-electron chi connectivity index (χ4n) is 4.83. The summed E-state index contributed by atoms with van der Waals surface area (Å²) in [4.78, 5) is 11.1. The van der Waals surface area contributed by atoms with Crippen LogP contribution in [0.25, 0.3) is 0 Å². The number of nitrogens with one attached hydrogen (secondary N) is 2. The highest BCUT2D eigenvalue weighted by Crippen LogP contribution is 2.32. The molecule has 2 aromatic carbocycles. The second-order valence-electron chi connectivity index (χ2n) is 8.63. The Bertz CT molecular complexity index is 891. The van der Waals surface area contributed by atoms with Crippen molar-refractivity contribution in [2.75, 3.05) is 13.1 Å². The predicted molar refractivity (Wildman–Crippen MR) is 119 cm³/mol. The summed E-state index contributed by atoms with van der Waals surface area (Å²) in [5, 5.41) is 15.9. The molecule has 1 saturated heterocycles. The smallest absolute Gasteiger partial charge is 0.335 e. The van der Waals surface area contributed by atoms with Gasteiger partial charge in [0.2, 0.25) is 0 Å². The third-order valence-corrected chi connectivity index (χ3v) is 6.73. The standard InChI is InChI=1S/C12H12BNO2.C12H17N/c15-12(16)9-3-1-2-8-6-11-13(4-5-14-11)7-10(8)9;1-12(7-9-13-10-8-12)11-5-3-2-4-6-11/h1-5,11,14H,6-7H2,(H,15,16);2-6,13H,7-10H2,1H3. The number of piperidine rings is 1. The molecule has 0 bridgehead atoms. The zero-order valence-electron chi connectivity index (χ0n) is 17.0. The maximum Gasteiger partial charge on any atom is 0.335 e. The number of hydrogen-bond acceptors (Lipinski definition) is 3. The molecule has 5 rings (SSSR count). The SMILES string of the molecule is CC1(c2ccccc2)CCNCC1.O=C(O)c1cccc2c1CB1C=CNC1C2. The normalized spacial score (nSPS) is 21.3. The van der Waals surface area contributed by atoms with Crippen molar-refractivity contribution in [2.45, 2.75) is 43.9 Å². The van der Waals surface area contributed by atoms with Crippen molar-refractivity contribution in [3.63, 3.8) is 0 Å². The minimum absolute atomic E-state index is 0.409. The quantitative estimate of drug-likeness (QED) is 0.690. The van der Waals surface area contributed by atoms with Gasteiger partial charge in [-0.3, -0.25) is 0 Å². The summed E-state index contributed by atoms with van der Waals surface area (Å²) >= 11 is 0. The van der Waals surface area contributed by atoms with Gasteiger partial charge < -0.3 is 15.7 Å². The molecule has 1 unspecified atom stereocenters. The second-order valence-corrected chi connectivity index (χ2v) is 8.63. The van der Waals surface area contributed by atoms with Crippen molar-refractivity contribution in [2.24, 2.45) is 0 Å². The third kappa shape index (κ3) is 4.25. The molecule has 3 aliphatic rings. The van der Waals surface area contributed by atoms with Crippen LogP contribution in [0.1, 0.15) is 46.8 Å². The van der Waals surface area contributed by atoms with Crippen molar-refractivity contribution in [1.82, 2.24) is 10.6 Å². The van der Waals surface area contributed by atoms with E-state index in [1.807, 2.05) is 18.3 Å². The summed E-state index contributed by atoms with van der Waals surface area (Å²) in [6.07, 6.45) is 6.27. The first-order chi connectivity index (χ1) is 14.1. The molecule has 0 spiro atoms. The number of carbonyl (C=O) groups is 1. The molecule has 0 aromatic heterocycles. The van der Waals surface area contributed by atoms with E-state index in [0.29, 0.717) is 23.6 Å². The van der Waals surface area contributed by atoms with E-state index in [2.05, 4.69) is 53.9 Å². The summed E-state index contributed by atoms with van der Waals surface area (Å²) < 4.78 is 0. The molecule has 0 saturated carbocycles. The fraction of sp³-hybridized carbons (Fsp3) is 0.375. The van der Waals surface area contributed by atoms with Gasteiger partial charge in [-0.05, 0) is 73.0 Å². The molecule has 3 N–H and O–H groups in total. The first-order valence-corrected chi connectivity index (χ1v) is 10.6. The van der Waals surface area contributed by atoms with Crippen LogP contribution in [0.15, 0.2) is 60.7 Å². The monoisotopic (exact) mass is 388 g/mol. The highest BCUT2D eigenvalue weighted by atomic mass is 16.4. The molecule has 0 radical (unpaired) electrons. The molecule has 29 heavy (non-hydrogen) atoms. The van der Waals surface area contributed by atoms with E-state index in [1.54, 1.807) is 6.07 Å². The van der Waals surface area contributed by atoms with E-state index in [1.165, 1.54) is 24.0 Å². The van der Waals surface area contributed by atoms with Crippen LogP contribution in [0.5, 0.6) is 0 Å². The number of hydrogen-bond donors (Lipinski definition) is 3. The van der Waals surface area contributed by atoms with Crippen molar-refractivity contribution in [3.05, 3.63) is 83.0 Å². The lowest BCUT2D eigenvalue weighted by molar-refractivity contribution is 0.0695. The number of rotatable bonds is 2. The van der Waals surface area contributed by atoms with Gasteiger partial charge in [0.15, 0.2) is 6.71 Å². The molecule has 0 amide bonds. The Morgan fingerprint density at radius 2 is 1.86 bits per heavy atom. The molecule has 150 valence electrons. The van der Waals surface area contributed by atoms with E-state index < -0.39 is 5.97 Å². The largest absolute Gasteiger partial charge is 0.478 e. The van der Waals surface area contributed by atoms with Crippen LogP contribution in [0.4, 0.5) is 0 Å². The predicted octanol–water partition coefficient (Wildman–Crippen LogP) is 3.41. The summed E-state index contributed by atoms with van der Waals surface area (Å²) in [7, 11) is 0. The van der Waals surface area contributed by atoms with Gasteiger partial charge in [0.25, 0.3) is 0 Å². The van der Waals surface area contributed by atoms with Crippen LogP contribution in [0.3, 0.4) is 0 Å². The molecule has 3 aliphatic heterocycles. The molecule has 3 heterocycles.